The van der Waals surface area contributed by atoms with Gasteiger partial charge in [0.25, 0.3) is 5.78 Å². The lowest BCUT2D eigenvalue weighted by Crippen LogP contribution is -2.11. The predicted molar refractivity (Wildman–Crippen MR) is 83.7 cm³/mol. The van der Waals surface area contributed by atoms with Crippen molar-refractivity contribution in [2.24, 2.45) is 0 Å². The Bertz CT molecular complexity index is 1060. The number of aromatic nitrogens is 4. The Balaban J connectivity index is 2.17. The number of hydrogen-bond acceptors (Lipinski definition) is 3. The van der Waals surface area contributed by atoms with E-state index in [1.807, 2.05) is 30.3 Å². The molecule has 2 aromatic heterocycles. The molecule has 0 saturated heterocycles. The highest BCUT2D eigenvalue weighted by Gasteiger charge is 2.38. The Morgan fingerprint density at radius 2 is 1.71 bits per heavy atom. The second kappa shape index (κ2) is 5.17. The van der Waals surface area contributed by atoms with Gasteiger partial charge in [-0.15, -0.1) is 10.2 Å². The van der Waals surface area contributed by atoms with E-state index in [4.69, 9.17) is 11.6 Å². The van der Waals surface area contributed by atoms with E-state index in [1.54, 1.807) is 6.07 Å². The van der Waals surface area contributed by atoms with Crippen LogP contribution in [-0.4, -0.2) is 19.6 Å². The summed E-state index contributed by atoms with van der Waals surface area (Å²) >= 11 is 6.04. The van der Waals surface area contributed by atoms with E-state index in [0.717, 1.165) is 9.96 Å². The number of alkyl halides is 3. The number of hydrogen-bond donors (Lipinski definition) is 0. The van der Waals surface area contributed by atoms with E-state index in [1.165, 1.54) is 12.1 Å². The van der Waals surface area contributed by atoms with Crippen LogP contribution in [0, 0.1) is 0 Å². The lowest BCUT2D eigenvalue weighted by molar-refractivity contribution is -0.145. The van der Waals surface area contributed by atoms with Gasteiger partial charge in [0.2, 0.25) is 5.82 Å². The van der Waals surface area contributed by atoms with Crippen LogP contribution in [0.5, 0.6) is 0 Å². The van der Waals surface area contributed by atoms with Gasteiger partial charge in [-0.2, -0.15) is 13.2 Å². The van der Waals surface area contributed by atoms with Gasteiger partial charge in [0.15, 0.2) is 0 Å². The quantitative estimate of drug-likeness (QED) is 0.504. The summed E-state index contributed by atoms with van der Waals surface area (Å²) in [5.74, 6) is -1.23. The summed E-state index contributed by atoms with van der Waals surface area (Å²) in [5, 5.41) is 7.76. The average molecular weight is 349 g/mol. The van der Waals surface area contributed by atoms with E-state index in [0.29, 0.717) is 21.6 Å². The van der Waals surface area contributed by atoms with Crippen molar-refractivity contribution < 1.29 is 13.2 Å². The summed E-state index contributed by atoms with van der Waals surface area (Å²) in [6.45, 7) is 0. The molecule has 0 radical (unpaired) electrons. The summed E-state index contributed by atoms with van der Waals surface area (Å²) in [6.07, 6.45) is -4.64. The van der Waals surface area contributed by atoms with Crippen molar-refractivity contribution in [2.75, 3.05) is 0 Å². The monoisotopic (exact) mass is 348 g/mol. The number of fused-ring (bicyclic) bond motifs is 3. The standard InChI is InChI=1S/C16H8ClF3N4/c17-10-6-7-12-11(8-10)13(9-4-2-1-3-5-9)21-15-23-22-14(24(12)15)16(18,19)20/h1-8H. The van der Waals surface area contributed by atoms with Crippen LogP contribution in [0.2, 0.25) is 5.02 Å². The molecule has 0 amide bonds. The summed E-state index contributed by atoms with van der Waals surface area (Å²) in [4.78, 5) is 4.28. The Hall–Kier alpha value is -2.67. The van der Waals surface area contributed by atoms with Crippen LogP contribution in [0.25, 0.3) is 27.9 Å². The van der Waals surface area contributed by atoms with E-state index in [-0.39, 0.29) is 5.78 Å². The minimum atomic E-state index is -4.64. The minimum absolute atomic E-state index is 0.115. The summed E-state index contributed by atoms with van der Waals surface area (Å²) in [5.41, 5.74) is 1.55. The van der Waals surface area contributed by atoms with Crippen LogP contribution >= 0.6 is 11.6 Å². The Morgan fingerprint density at radius 3 is 2.42 bits per heavy atom. The lowest BCUT2D eigenvalue weighted by atomic mass is 10.1. The molecule has 0 fully saturated rings. The molecule has 0 N–H and O–H groups in total. The van der Waals surface area contributed by atoms with E-state index < -0.39 is 12.0 Å². The van der Waals surface area contributed by atoms with Crippen molar-refractivity contribution in [3.63, 3.8) is 0 Å². The topological polar surface area (TPSA) is 43.1 Å². The number of halogens is 4. The largest absolute Gasteiger partial charge is 0.452 e. The molecule has 8 heteroatoms. The maximum atomic E-state index is 13.2. The molecule has 4 aromatic rings. The molecule has 0 spiro atoms. The highest BCUT2D eigenvalue weighted by molar-refractivity contribution is 6.31. The summed E-state index contributed by atoms with van der Waals surface area (Å²) in [6, 6.07) is 13.8. The first-order chi connectivity index (χ1) is 11.4. The molecule has 2 aromatic carbocycles. The predicted octanol–water partition coefficient (Wildman–Crippen LogP) is 4.62. The fourth-order valence-electron chi connectivity index (χ4n) is 2.62. The molecule has 120 valence electrons. The molecular weight excluding hydrogens is 341 g/mol. The third-order valence-electron chi connectivity index (χ3n) is 3.61. The van der Waals surface area contributed by atoms with Gasteiger partial charge in [0.1, 0.15) is 0 Å². The zero-order valence-corrected chi connectivity index (χ0v) is 12.7. The molecule has 0 bridgehead atoms. The molecule has 2 heterocycles. The molecule has 24 heavy (non-hydrogen) atoms. The molecule has 0 aliphatic heterocycles. The number of benzene rings is 2. The zero-order valence-electron chi connectivity index (χ0n) is 11.9. The third-order valence-corrected chi connectivity index (χ3v) is 3.85. The van der Waals surface area contributed by atoms with Crippen molar-refractivity contribution in [1.82, 2.24) is 19.6 Å². The number of nitrogens with zero attached hydrogens (tertiary/aromatic N) is 4. The molecule has 0 unspecified atom stereocenters. The molecule has 4 nitrogen and oxygen atoms in total. The van der Waals surface area contributed by atoms with E-state index in [9.17, 15) is 13.2 Å². The fraction of sp³-hybridized carbons (Fsp3) is 0.0625. The van der Waals surface area contributed by atoms with Crippen LogP contribution in [0.1, 0.15) is 5.82 Å². The van der Waals surface area contributed by atoms with E-state index >= 15 is 0 Å². The summed E-state index contributed by atoms with van der Waals surface area (Å²) < 4.78 is 40.5. The Morgan fingerprint density at radius 1 is 0.958 bits per heavy atom. The minimum Gasteiger partial charge on any atom is -0.255 e. The van der Waals surface area contributed by atoms with Crippen molar-refractivity contribution in [1.29, 1.82) is 0 Å². The Labute approximate surface area is 138 Å². The fourth-order valence-corrected chi connectivity index (χ4v) is 2.80. The van der Waals surface area contributed by atoms with Crippen LogP contribution in [0.4, 0.5) is 13.2 Å². The van der Waals surface area contributed by atoms with Gasteiger partial charge in [-0.25, -0.2) is 4.98 Å². The molecule has 0 atom stereocenters. The van der Waals surface area contributed by atoms with E-state index in [2.05, 4.69) is 15.2 Å². The smallest absolute Gasteiger partial charge is 0.255 e. The highest BCUT2D eigenvalue weighted by Crippen LogP contribution is 2.34. The van der Waals surface area contributed by atoms with Gasteiger partial charge in [-0.1, -0.05) is 41.9 Å². The van der Waals surface area contributed by atoms with Gasteiger partial charge < -0.3 is 0 Å². The van der Waals surface area contributed by atoms with Gasteiger partial charge >= 0.3 is 6.18 Å². The van der Waals surface area contributed by atoms with Crippen molar-refractivity contribution in [2.45, 2.75) is 6.18 Å². The van der Waals surface area contributed by atoms with Gasteiger partial charge in [-0.05, 0) is 18.2 Å². The molecular formula is C16H8ClF3N4. The second-order valence-corrected chi connectivity index (χ2v) is 5.58. The first kappa shape index (κ1) is 14.9. The zero-order chi connectivity index (χ0) is 16.9. The van der Waals surface area contributed by atoms with Gasteiger partial charge in [0, 0.05) is 16.0 Å². The molecule has 4 rings (SSSR count). The van der Waals surface area contributed by atoms with Gasteiger partial charge in [0.05, 0.1) is 11.2 Å². The van der Waals surface area contributed by atoms with Crippen molar-refractivity contribution in [3.8, 4) is 11.3 Å². The van der Waals surface area contributed by atoms with Crippen LogP contribution < -0.4 is 0 Å². The lowest BCUT2D eigenvalue weighted by Gasteiger charge is -2.11. The maximum absolute atomic E-state index is 13.2. The second-order valence-electron chi connectivity index (χ2n) is 5.14. The normalized spacial score (nSPS) is 12.2. The molecule has 0 aliphatic rings. The van der Waals surface area contributed by atoms with Crippen LogP contribution in [0.15, 0.2) is 48.5 Å². The van der Waals surface area contributed by atoms with Crippen LogP contribution in [0.3, 0.4) is 0 Å². The molecule has 0 aliphatic carbocycles. The average Bonchev–Trinajstić information content (AvgIpc) is 2.99. The number of rotatable bonds is 1. The Kier molecular flexibility index (Phi) is 3.21. The third kappa shape index (κ3) is 2.28. The van der Waals surface area contributed by atoms with Crippen molar-refractivity contribution in [3.05, 3.63) is 59.4 Å². The SMILES string of the molecule is FC(F)(F)c1nnc2nc(-c3ccccc3)c3cc(Cl)ccc3n12. The first-order valence-corrected chi connectivity index (χ1v) is 7.30. The van der Waals surface area contributed by atoms with Crippen molar-refractivity contribution >= 4 is 28.3 Å². The first-order valence-electron chi connectivity index (χ1n) is 6.92. The highest BCUT2D eigenvalue weighted by atomic mass is 35.5. The van der Waals surface area contributed by atoms with Crippen LogP contribution in [-0.2, 0) is 6.18 Å². The molecule has 0 saturated carbocycles. The summed E-state index contributed by atoms with van der Waals surface area (Å²) in [7, 11) is 0. The van der Waals surface area contributed by atoms with Gasteiger partial charge in [-0.3, -0.25) is 4.40 Å². The maximum Gasteiger partial charge on any atom is 0.452 e.